The first-order valence-corrected chi connectivity index (χ1v) is 12.1. The van der Waals surface area contributed by atoms with E-state index in [1.165, 1.54) is 11.3 Å². The smallest absolute Gasteiger partial charge is 0.223 e. The SMILES string of the molecule is CSCCCNC(=O)C1CCN(c2nc(-c3ccccc3)nc3c2CCC3)CC1. The average Bonchev–Trinajstić information content (AvgIpc) is 3.25. The van der Waals surface area contributed by atoms with Crippen LogP contribution in [0.15, 0.2) is 30.3 Å². The molecule has 0 radical (unpaired) electrons. The predicted molar refractivity (Wildman–Crippen MR) is 120 cm³/mol. The second kappa shape index (κ2) is 9.61. The van der Waals surface area contributed by atoms with Gasteiger partial charge >= 0.3 is 0 Å². The van der Waals surface area contributed by atoms with Gasteiger partial charge in [-0.2, -0.15) is 11.8 Å². The van der Waals surface area contributed by atoms with Gasteiger partial charge in [0.15, 0.2) is 5.82 Å². The number of aromatic nitrogens is 2. The van der Waals surface area contributed by atoms with Crippen LogP contribution in [0.1, 0.15) is 36.9 Å². The van der Waals surface area contributed by atoms with Gasteiger partial charge in [-0.05, 0) is 50.5 Å². The number of carbonyl (C=O) groups excluding carboxylic acids is 1. The molecule has 1 aromatic heterocycles. The fourth-order valence-corrected chi connectivity index (χ4v) is 4.75. The third kappa shape index (κ3) is 4.74. The Morgan fingerprint density at radius 2 is 1.97 bits per heavy atom. The van der Waals surface area contributed by atoms with E-state index in [2.05, 4.69) is 28.6 Å². The summed E-state index contributed by atoms with van der Waals surface area (Å²) in [7, 11) is 0. The topological polar surface area (TPSA) is 58.1 Å². The monoisotopic (exact) mass is 410 g/mol. The fourth-order valence-electron chi connectivity index (χ4n) is 4.32. The van der Waals surface area contributed by atoms with E-state index in [9.17, 15) is 4.79 Å². The highest BCUT2D eigenvalue weighted by atomic mass is 32.2. The van der Waals surface area contributed by atoms with E-state index in [0.29, 0.717) is 0 Å². The van der Waals surface area contributed by atoms with Crippen LogP contribution in [0.3, 0.4) is 0 Å². The minimum absolute atomic E-state index is 0.129. The lowest BCUT2D eigenvalue weighted by Gasteiger charge is -2.33. The van der Waals surface area contributed by atoms with E-state index < -0.39 is 0 Å². The molecule has 4 rings (SSSR count). The molecule has 0 unspecified atom stereocenters. The van der Waals surface area contributed by atoms with Gasteiger partial charge in [-0.25, -0.2) is 9.97 Å². The number of anilines is 1. The summed E-state index contributed by atoms with van der Waals surface area (Å²) >= 11 is 1.83. The zero-order chi connectivity index (χ0) is 20.1. The standard InChI is InChI=1S/C23H30N4OS/c1-29-16-6-13-24-23(28)18-11-14-27(15-12-18)22-19-9-5-10-20(19)25-21(26-22)17-7-3-2-4-8-17/h2-4,7-8,18H,5-6,9-16H2,1H3,(H,24,28). The molecule has 0 spiro atoms. The lowest BCUT2D eigenvalue weighted by molar-refractivity contribution is -0.125. The van der Waals surface area contributed by atoms with Crippen molar-refractivity contribution in [1.82, 2.24) is 15.3 Å². The van der Waals surface area contributed by atoms with Gasteiger partial charge in [0, 0.05) is 42.4 Å². The van der Waals surface area contributed by atoms with Crippen molar-refractivity contribution in [3.63, 3.8) is 0 Å². The molecule has 0 atom stereocenters. The Hall–Kier alpha value is -2.08. The summed E-state index contributed by atoms with van der Waals surface area (Å²) in [6.07, 6.45) is 8.20. The number of benzene rings is 1. The van der Waals surface area contributed by atoms with Crippen LogP contribution >= 0.6 is 11.8 Å². The number of carbonyl (C=O) groups is 1. The second-order valence-corrected chi connectivity index (χ2v) is 8.90. The summed E-state index contributed by atoms with van der Waals surface area (Å²) in [5.41, 5.74) is 3.61. The van der Waals surface area contributed by atoms with Crippen molar-refractivity contribution in [3.8, 4) is 11.4 Å². The molecule has 2 aromatic rings. The minimum Gasteiger partial charge on any atom is -0.356 e. The van der Waals surface area contributed by atoms with Crippen LogP contribution in [0.4, 0.5) is 5.82 Å². The molecule has 1 aromatic carbocycles. The number of rotatable bonds is 7. The van der Waals surface area contributed by atoms with Crippen molar-refractivity contribution in [2.45, 2.75) is 38.5 Å². The van der Waals surface area contributed by atoms with Crippen molar-refractivity contribution < 1.29 is 4.79 Å². The Kier molecular flexibility index (Phi) is 6.70. The number of nitrogens with zero attached hydrogens (tertiary/aromatic N) is 3. The second-order valence-electron chi connectivity index (χ2n) is 7.91. The number of aryl methyl sites for hydroxylation is 1. The molecule has 29 heavy (non-hydrogen) atoms. The Balaban J connectivity index is 1.44. The Labute approximate surface area is 177 Å². The number of nitrogens with one attached hydrogen (secondary N) is 1. The third-order valence-corrected chi connectivity index (χ3v) is 6.63. The minimum atomic E-state index is 0.129. The van der Waals surface area contributed by atoms with Gasteiger partial charge in [-0.1, -0.05) is 30.3 Å². The van der Waals surface area contributed by atoms with Gasteiger partial charge in [0.1, 0.15) is 5.82 Å². The van der Waals surface area contributed by atoms with E-state index in [0.717, 1.165) is 81.1 Å². The van der Waals surface area contributed by atoms with Crippen molar-refractivity contribution in [1.29, 1.82) is 0 Å². The normalized spacial score (nSPS) is 16.7. The van der Waals surface area contributed by atoms with Gasteiger partial charge in [-0.15, -0.1) is 0 Å². The number of thioether (sulfide) groups is 1. The number of piperidine rings is 1. The molecule has 2 heterocycles. The van der Waals surface area contributed by atoms with Gasteiger partial charge in [0.05, 0.1) is 0 Å². The van der Waals surface area contributed by atoms with Gasteiger partial charge in [0.25, 0.3) is 0 Å². The number of fused-ring (bicyclic) bond motifs is 1. The highest BCUT2D eigenvalue weighted by molar-refractivity contribution is 7.98. The van der Waals surface area contributed by atoms with Crippen LogP contribution in [-0.4, -0.2) is 47.5 Å². The summed E-state index contributed by atoms with van der Waals surface area (Å²) < 4.78 is 0. The predicted octanol–water partition coefficient (Wildman–Crippen LogP) is 3.72. The first-order valence-electron chi connectivity index (χ1n) is 10.7. The van der Waals surface area contributed by atoms with Crippen LogP contribution in [0, 0.1) is 5.92 Å². The molecule has 1 N–H and O–H groups in total. The third-order valence-electron chi connectivity index (χ3n) is 5.93. The molecule has 0 saturated carbocycles. The summed E-state index contributed by atoms with van der Waals surface area (Å²) in [5.74, 6) is 3.38. The highest BCUT2D eigenvalue weighted by Gasteiger charge is 2.29. The zero-order valence-electron chi connectivity index (χ0n) is 17.2. The molecule has 5 nitrogen and oxygen atoms in total. The Morgan fingerprint density at radius 1 is 1.17 bits per heavy atom. The van der Waals surface area contributed by atoms with Crippen LogP contribution in [0.2, 0.25) is 0 Å². The lowest BCUT2D eigenvalue weighted by atomic mass is 9.95. The van der Waals surface area contributed by atoms with Gasteiger partial charge < -0.3 is 10.2 Å². The molecule has 154 valence electrons. The first-order chi connectivity index (χ1) is 14.3. The summed E-state index contributed by atoms with van der Waals surface area (Å²) in [6, 6.07) is 10.3. The maximum Gasteiger partial charge on any atom is 0.223 e. The lowest BCUT2D eigenvalue weighted by Crippen LogP contribution is -2.41. The molecule has 1 aliphatic carbocycles. The molecule has 1 amide bonds. The van der Waals surface area contributed by atoms with Gasteiger partial charge in [0.2, 0.25) is 5.91 Å². The summed E-state index contributed by atoms with van der Waals surface area (Å²) in [4.78, 5) is 24.7. The first kappa shape index (κ1) is 20.2. The van der Waals surface area contributed by atoms with Gasteiger partial charge in [-0.3, -0.25) is 4.79 Å². The maximum absolute atomic E-state index is 12.5. The molecule has 2 aliphatic rings. The number of hydrogen-bond donors (Lipinski definition) is 1. The highest BCUT2D eigenvalue weighted by Crippen LogP contribution is 2.33. The largest absolute Gasteiger partial charge is 0.356 e. The van der Waals surface area contributed by atoms with Crippen molar-refractivity contribution in [2.75, 3.05) is 36.5 Å². The van der Waals surface area contributed by atoms with E-state index in [1.54, 1.807) is 0 Å². The van der Waals surface area contributed by atoms with Crippen LogP contribution in [-0.2, 0) is 17.6 Å². The van der Waals surface area contributed by atoms with E-state index in [4.69, 9.17) is 9.97 Å². The Bertz CT molecular complexity index is 834. The number of amides is 1. The molecular formula is C23H30N4OS. The number of hydrogen-bond acceptors (Lipinski definition) is 5. The van der Waals surface area contributed by atoms with Crippen molar-refractivity contribution in [2.24, 2.45) is 5.92 Å². The Morgan fingerprint density at radius 3 is 2.72 bits per heavy atom. The fraction of sp³-hybridized carbons (Fsp3) is 0.522. The van der Waals surface area contributed by atoms with Crippen LogP contribution in [0.5, 0.6) is 0 Å². The van der Waals surface area contributed by atoms with Crippen LogP contribution in [0.25, 0.3) is 11.4 Å². The molecule has 1 fully saturated rings. The molecule has 6 heteroatoms. The summed E-state index contributed by atoms with van der Waals surface area (Å²) in [5, 5.41) is 3.12. The van der Waals surface area contributed by atoms with Crippen LogP contribution < -0.4 is 10.2 Å². The van der Waals surface area contributed by atoms with E-state index in [1.807, 2.05) is 30.0 Å². The quantitative estimate of drug-likeness (QED) is 0.705. The van der Waals surface area contributed by atoms with Crippen molar-refractivity contribution in [3.05, 3.63) is 41.6 Å². The van der Waals surface area contributed by atoms with E-state index >= 15 is 0 Å². The maximum atomic E-state index is 12.5. The van der Waals surface area contributed by atoms with Crippen molar-refractivity contribution >= 4 is 23.5 Å². The molecule has 0 bridgehead atoms. The molecule has 1 saturated heterocycles. The summed E-state index contributed by atoms with van der Waals surface area (Å²) in [6.45, 7) is 2.57. The van der Waals surface area contributed by atoms with E-state index in [-0.39, 0.29) is 11.8 Å². The molecule has 1 aliphatic heterocycles. The average molecular weight is 411 g/mol. The zero-order valence-corrected chi connectivity index (χ0v) is 18.0. The molecular weight excluding hydrogens is 380 g/mol.